The van der Waals surface area contributed by atoms with Crippen molar-refractivity contribution in [2.24, 2.45) is 5.73 Å². The van der Waals surface area contributed by atoms with Crippen LogP contribution in [0, 0.1) is 0 Å². The van der Waals surface area contributed by atoms with E-state index in [1.807, 2.05) is 24.4 Å². The highest BCUT2D eigenvalue weighted by atomic mass is 32.1. The molecule has 3 nitrogen and oxygen atoms in total. The highest BCUT2D eigenvalue weighted by Gasteiger charge is 2.06. The number of nitrogens with two attached hydrogens (primary N) is 1. The predicted molar refractivity (Wildman–Crippen MR) is 70.7 cm³/mol. The number of nitrogens with zero attached hydrogens (tertiary/aromatic N) is 1. The molecular formula is C13H16N2OS. The minimum Gasteiger partial charge on any atom is -0.496 e. The molecular weight excluding hydrogens is 232 g/mol. The first-order valence-corrected chi connectivity index (χ1v) is 6.40. The molecule has 2 aromatic rings. The third kappa shape index (κ3) is 3.05. The lowest BCUT2D eigenvalue weighted by Gasteiger charge is -2.05. The average molecular weight is 248 g/mol. The molecule has 0 fully saturated rings. The van der Waals surface area contributed by atoms with E-state index in [0.29, 0.717) is 6.54 Å². The topological polar surface area (TPSA) is 48.1 Å². The van der Waals surface area contributed by atoms with E-state index in [-0.39, 0.29) is 0 Å². The Labute approximate surface area is 105 Å². The Morgan fingerprint density at radius 3 is 2.94 bits per heavy atom. The van der Waals surface area contributed by atoms with Gasteiger partial charge < -0.3 is 10.5 Å². The quantitative estimate of drug-likeness (QED) is 0.882. The molecule has 1 heterocycles. The molecule has 0 bridgehead atoms. The second-order valence-electron chi connectivity index (χ2n) is 3.75. The number of ether oxygens (including phenoxy) is 1. The molecule has 0 aliphatic carbocycles. The van der Waals surface area contributed by atoms with Gasteiger partial charge in [0, 0.05) is 23.1 Å². The Bertz CT molecular complexity index is 482. The van der Waals surface area contributed by atoms with Crippen LogP contribution in [0.5, 0.6) is 5.75 Å². The smallest absolute Gasteiger partial charge is 0.122 e. The van der Waals surface area contributed by atoms with Crippen LogP contribution in [0.25, 0.3) is 0 Å². The standard InChI is InChI=1S/C13H16N2OS/c1-16-12-5-3-2-4-10(12)8-13-15-9-11(17-13)6-7-14/h2-5,9H,6-8,14H2,1H3. The summed E-state index contributed by atoms with van der Waals surface area (Å²) in [5.41, 5.74) is 6.70. The Morgan fingerprint density at radius 1 is 1.35 bits per heavy atom. The van der Waals surface area contributed by atoms with Crippen LogP contribution < -0.4 is 10.5 Å². The van der Waals surface area contributed by atoms with Gasteiger partial charge >= 0.3 is 0 Å². The van der Waals surface area contributed by atoms with Crippen molar-refractivity contribution in [2.75, 3.05) is 13.7 Å². The van der Waals surface area contributed by atoms with Crippen molar-refractivity contribution in [1.29, 1.82) is 0 Å². The number of hydrogen-bond acceptors (Lipinski definition) is 4. The number of para-hydroxylation sites is 1. The molecule has 0 saturated heterocycles. The van der Waals surface area contributed by atoms with Crippen LogP contribution in [0.2, 0.25) is 0 Å². The number of aromatic nitrogens is 1. The van der Waals surface area contributed by atoms with Crippen LogP contribution in [0.1, 0.15) is 15.4 Å². The fourth-order valence-electron chi connectivity index (χ4n) is 1.70. The molecule has 0 radical (unpaired) electrons. The molecule has 90 valence electrons. The SMILES string of the molecule is COc1ccccc1Cc1ncc(CCN)s1. The normalized spacial score (nSPS) is 10.5. The van der Waals surface area contributed by atoms with Crippen molar-refractivity contribution in [3.05, 3.63) is 45.9 Å². The lowest BCUT2D eigenvalue weighted by molar-refractivity contribution is 0.410. The third-order valence-electron chi connectivity index (χ3n) is 2.53. The minimum atomic E-state index is 0.677. The van der Waals surface area contributed by atoms with Crippen molar-refractivity contribution in [3.8, 4) is 5.75 Å². The van der Waals surface area contributed by atoms with Gasteiger partial charge in [0.1, 0.15) is 5.75 Å². The summed E-state index contributed by atoms with van der Waals surface area (Å²) >= 11 is 1.72. The fourth-order valence-corrected chi connectivity index (χ4v) is 2.66. The second kappa shape index (κ2) is 5.80. The maximum Gasteiger partial charge on any atom is 0.122 e. The van der Waals surface area contributed by atoms with E-state index in [2.05, 4.69) is 11.1 Å². The van der Waals surface area contributed by atoms with Crippen LogP contribution in [0.3, 0.4) is 0 Å². The van der Waals surface area contributed by atoms with Crippen LogP contribution in [-0.2, 0) is 12.8 Å². The van der Waals surface area contributed by atoms with Crippen LogP contribution in [0.15, 0.2) is 30.5 Å². The van der Waals surface area contributed by atoms with Crippen LogP contribution in [-0.4, -0.2) is 18.6 Å². The summed E-state index contributed by atoms with van der Waals surface area (Å²) < 4.78 is 5.33. The van der Waals surface area contributed by atoms with Crippen molar-refractivity contribution in [2.45, 2.75) is 12.8 Å². The number of thiazole rings is 1. The van der Waals surface area contributed by atoms with Gasteiger partial charge in [0.05, 0.1) is 12.1 Å². The van der Waals surface area contributed by atoms with Crippen molar-refractivity contribution in [3.63, 3.8) is 0 Å². The van der Waals surface area contributed by atoms with E-state index in [1.54, 1.807) is 18.4 Å². The monoisotopic (exact) mass is 248 g/mol. The molecule has 17 heavy (non-hydrogen) atoms. The van der Waals surface area contributed by atoms with Gasteiger partial charge in [0.15, 0.2) is 0 Å². The Morgan fingerprint density at radius 2 is 2.18 bits per heavy atom. The number of benzene rings is 1. The van der Waals surface area contributed by atoms with E-state index >= 15 is 0 Å². The first-order valence-electron chi connectivity index (χ1n) is 5.59. The third-order valence-corrected chi connectivity index (χ3v) is 3.58. The molecule has 0 spiro atoms. The molecule has 1 aromatic heterocycles. The van der Waals surface area contributed by atoms with Crippen molar-refractivity contribution >= 4 is 11.3 Å². The Kier molecular flexibility index (Phi) is 4.12. The van der Waals surface area contributed by atoms with Gasteiger partial charge in [-0.3, -0.25) is 0 Å². The molecule has 0 unspecified atom stereocenters. The minimum absolute atomic E-state index is 0.677. The van der Waals surface area contributed by atoms with Crippen molar-refractivity contribution in [1.82, 2.24) is 4.98 Å². The first kappa shape index (κ1) is 12.1. The predicted octanol–water partition coefficient (Wildman–Crippen LogP) is 2.24. The summed E-state index contributed by atoms with van der Waals surface area (Å²) in [6, 6.07) is 8.04. The van der Waals surface area contributed by atoms with Crippen LogP contribution >= 0.6 is 11.3 Å². The van der Waals surface area contributed by atoms with E-state index in [1.165, 1.54) is 10.4 Å². The highest BCUT2D eigenvalue weighted by Crippen LogP contribution is 2.23. The summed E-state index contributed by atoms with van der Waals surface area (Å²) in [7, 11) is 1.69. The summed E-state index contributed by atoms with van der Waals surface area (Å²) in [5, 5.41) is 1.11. The average Bonchev–Trinajstić information content (AvgIpc) is 2.78. The molecule has 1 aromatic carbocycles. The Balaban J connectivity index is 2.13. The maximum absolute atomic E-state index is 5.53. The maximum atomic E-state index is 5.53. The lowest BCUT2D eigenvalue weighted by atomic mass is 10.1. The fraction of sp³-hybridized carbons (Fsp3) is 0.308. The van der Waals surface area contributed by atoms with E-state index < -0.39 is 0 Å². The molecule has 2 N–H and O–H groups in total. The van der Waals surface area contributed by atoms with E-state index in [4.69, 9.17) is 10.5 Å². The van der Waals surface area contributed by atoms with Gasteiger partial charge in [-0.2, -0.15) is 0 Å². The number of hydrogen-bond donors (Lipinski definition) is 1. The van der Waals surface area contributed by atoms with Crippen molar-refractivity contribution < 1.29 is 4.74 Å². The van der Waals surface area contributed by atoms with Gasteiger partial charge in [-0.25, -0.2) is 4.98 Å². The molecule has 0 aliphatic heterocycles. The lowest BCUT2D eigenvalue weighted by Crippen LogP contribution is -2.00. The van der Waals surface area contributed by atoms with Gasteiger partial charge in [0.25, 0.3) is 0 Å². The van der Waals surface area contributed by atoms with E-state index in [9.17, 15) is 0 Å². The molecule has 0 saturated carbocycles. The summed E-state index contributed by atoms with van der Waals surface area (Å²) in [6.07, 6.45) is 3.64. The molecule has 0 aliphatic rings. The van der Waals surface area contributed by atoms with Crippen LogP contribution in [0.4, 0.5) is 0 Å². The summed E-state index contributed by atoms with van der Waals surface area (Å²) in [4.78, 5) is 5.66. The Hall–Kier alpha value is -1.39. The van der Waals surface area contributed by atoms with Gasteiger partial charge in [-0.15, -0.1) is 11.3 Å². The van der Waals surface area contributed by atoms with E-state index in [0.717, 1.165) is 23.6 Å². The first-order chi connectivity index (χ1) is 8.33. The highest BCUT2D eigenvalue weighted by molar-refractivity contribution is 7.11. The molecule has 2 rings (SSSR count). The number of rotatable bonds is 5. The summed E-state index contributed by atoms with van der Waals surface area (Å²) in [5.74, 6) is 0.920. The summed E-state index contributed by atoms with van der Waals surface area (Å²) in [6.45, 7) is 0.677. The number of methoxy groups -OCH3 is 1. The zero-order valence-corrected chi connectivity index (χ0v) is 10.7. The largest absolute Gasteiger partial charge is 0.496 e. The zero-order chi connectivity index (χ0) is 12.1. The van der Waals surface area contributed by atoms with Gasteiger partial charge in [-0.05, 0) is 19.0 Å². The van der Waals surface area contributed by atoms with Gasteiger partial charge in [0.2, 0.25) is 0 Å². The zero-order valence-electron chi connectivity index (χ0n) is 9.85. The molecule has 4 heteroatoms. The van der Waals surface area contributed by atoms with Gasteiger partial charge in [-0.1, -0.05) is 18.2 Å². The molecule has 0 atom stereocenters. The molecule has 0 amide bonds. The second-order valence-corrected chi connectivity index (χ2v) is 4.95.